The summed E-state index contributed by atoms with van der Waals surface area (Å²) in [5.41, 5.74) is 1.95. The van der Waals surface area contributed by atoms with E-state index < -0.39 is 11.8 Å². The minimum absolute atomic E-state index is 0.261. The number of hydrogen-bond acceptors (Lipinski definition) is 1. The predicted octanol–water partition coefficient (Wildman–Crippen LogP) is 3.59. The Kier molecular flexibility index (Phi) is 3.53. The maximum Gasteiger partial charge on any atom is 0.328 e. The number of carboxylic acids is 1. The molecule has 2 aromatic carbocycles. The van der Waals surface area contributed by atoms with Crippen molar-refractivity contribution in [2.45, 2.75) is 0 Å². The van der Waals surface area contributed by atoms with Gasteiger partial charge in [0.25, 0.3) is 0 Å². The first kappa shape index (κ1) is 12.0. The van der Waals surface area contributed by atoms with Gasteiger partial charge in [0.2, 0.25) is 0 Å². The lowest BCUT2D eigenvalue weighted by Gasteiger charge is -2.03. The molecule has 2 nitrogen and oxygen atoms in total. The van der Waals surface area contributed by atoms with Crippen LogP contribution in [0.3, 0.4) is 0 Å². The Morgan fingerprint density at radius 2 is 1.78 bits per heavy atom. The smallest absolute Gasteiger partial charge is 0.328 e. The minimum Gasteiger partial charge on any atom is -0.478 e. The summed E-state index contributed by atoms with van der Waals surface area (Å²) >= 11 is 0. The number of benzene rings is 2. The van der Waals surface area contributed by atoms with E-state index in [1.54, 1.807) is 12.1 Å². The van der Waals surface area contributed by atoms with Gasteiger partial charge in [0.05, 0.1) is 0 Å². The van der Waals surface area contributed by atoms with Crippen molar-refractivity contribution >= 4 is 12.0 Å². The summed E-state index contributed by atoms with van der Waals surface area (Å²) in [6.45, 7) is 0. The first-order valence-electron chi connectivity index (χ1n) is 5.43. The van der Waals surface area contributed by atoms with E-state index in [2.05, 4.69) is 0 Å². The second-order valence-electron chi connectivity index (χ2n) is 3.77. The largest absolute Gasteiger partial charge is 0.478 e. The SMILES string of the molecule is O=C(O)C=Cc1ccc(-c2ccccc2)cc1F. The molecule has 0 atom stereocenters. The van der Waals surface area contributed by atoms with Crippen molar-refractivity contribution in [1.29, 1.82) is 0 Å². The van der Waals surface area contributed by atoms with Crippen LogP contribution < -0.4 is 0 Å². The minimum atomic E-state index is -1.10. The van der Waals surface area contributed by atoms with Crippen molar-refractivity contribution in [3.8, 4) is 11.1 Å². The van der Waals surface area contributed by atoms with Crippen molar-refractivity contribution in [3.63, 3.8) is 0 Å². The van der Waals surface area contributed by atoms with Crippen molar-refractivity contribution in [3.05, 3.63) is 66.0 Å². The van der Waals surface area contributed by atoms with E-state index in [1.165, 1.54) is 12.1 Å². The summed E-state index contributed by atoms with van der Waals surface area (Å²) in [4.78, 5) is 10.4. The van der Waals surface area contributed by atoms with Crippen LogP contribution in [0.1, 0.15) is 5.56 Å². The number of carbonyl (C=O) groups is 1. The van der Waals surface area contributed by atoms with Gasteiger partial charge >= 0.3 is 5.97 Å². The fourth-order valence-corrected chi connectivity index (χ4v) is 1.63. The molecule has 0 aliphatic rings. The lowest BCUT2D eigenvalue weighted by atomic mass is 10.0. The van der Waals surface area contributed by atoms with Crippen LogP contribution in [0.2, 0.25) is 0 Å². The number of carboxylic acid groups (broad SMARTS) is 1. The molecule has 2 aromatic rings. The molecule has 0 heterocycles. The molecule has 90 valence electrons. The molecule has 0 aliphatic carbocycles. The molecule has 0 spiro atoms. The standard InChI is InChI=1S/C15H11FO2/c16-14-10-13(11-4-2-1-3-5-11)7-6-12(14)8-9-15(17)18/h1-10H,(H,17,18). The summed E-state index contributed by atoms with van der Waals surface area (Å²) in [6, 6.07) is 14.2. The molecule has 0 saturated heterocycles. The van der Waals surface area contributed by atoms with Crippen LogP contribution in [-0.4, -0.2) is 11.1 Å². The maximum atomic E-state index is 13.7. The molecule has 0 fully saturated rings. The van der Waals surface area contributed by atoms with Crippen molar-refractivity contribution in [1.82, 2.24) is 0 Å². The number of aliphatic carboxylic acids is 1. The highest BCUT2D eigenvalue weighted by molar-refractivity contribution is 5.85. The van der Waals surface area contributed by atoms with Crippen LogP contribution in [0.25, 0.3) is 17.2 Å². The number of rotatable bonds is 3. The zero-order valence-electron chi connectivity index (χ0n) is 9.51. The molecule has 0 aromatic heterocycles. The molecular weight excluding hydrogens is 231 g/mol. The van der Waals surface area contributed by atoms with Gasteiger partial charge in [-0.05, 0) is 23.3 Å². The quantitative estimate of drug-likeness (QED) is 0.835. The molecule has 0 bridgehead atoms. The van der Waals surface area contributed by atoms with Crippen LogP contribution in [-0.2, 0) is 4.79 Å². The number of hydrogen-bond donors (Lipinski definition) is 1. The Labute approximate surface area is 104 Å². The molecule has 0 saturated carbocycles. The summed E-state index contributed by atoms with van der Waals surface area (Å²) in [5.74, 6) is -1.53. The first-order valence-corrected chi connectivity index (χ1v) is 5.43. The molecule has 0 radical (unpaired) electrons. The monoisotopic (exact) mass is 242 g/mol. The summed E-state index contributed by atoms with van der Waals surface area (Å²) < 4.78 is 13.7. The van der Waals surface area contributed by atoms with Gasteiger partial charge in [-0.2, -0.15) is 0 Å². The first-order chi connectivity index (χ1) is 8.66. The Morgan fingerprint density at radius 1 is 1.06 bits per heavy atom. The van der Waals surface area contributed by atoms with Crippen LogP contribution in [0.4, 0.5) is 4.39 Å². The van der Waals surface area contributed by atoms with E-state index in [9.17, 15) is 9.18 Å². The Morgan fingerprint density at radius 3 is 2.39 bits per heavy atom. The Hall–Kier alpha value is -2.42. The Balaban J connectivity index is 2.34. The zero-order valence-corrected chi connectivity index (χ0v) is 9.51. The van der Waals surface area contributed by atoms with E-state index in [-0.39, 0.29) is 5.56 Å². The summed E-state index contributed by atoms with van der Waals surface area (Å²) in [6.07, 6.45) is 2.16. The molecule has 2 rings (SSSR count). The molecule has 18 heavy (non-hydrogen) atoms. The molecular formula is C15H11FO2. The number of halogens is 1. The molecule has 0 unspecified atom stereocenters. The van der Waals surface area contributed by atoms with Crippen molar-refractivity contribution in [2.75, 3.05) is 0 Å². The van der Waals surface area contributed by atoms with Crippen LogP contribution in [0, 0.1) is 5.82 Å². The maximum absolute atomic E-state index is 13.7. The predicted molar refractivity (Wildman–Crippen MR) is 68.5 cm³/mol. The third-order valence-corrected chi connectivity index (χ3v) is 2.51. The summed E-state index contributed by atoms with van der Waals surface area (Å²) in [7, 11) is 0. The van der Waals surface area contributed by atoms with Crippen LogP contribution in [0.15, 0.2) is 54.6 Å². The molecule has 1 N–H and O–H groups in total. The van der Waals surface area contributed by atoms with Crippen LogP contribution >= 0.6 is 0 Å². The zero-order chi connectivity index (χ0) is 13.0. The van der Waals surface area contributed by atoms with Gasteiger partial charge in [0.1, 0.15) is 5.82 Å². The second kappa shape index (κ2) is 5.27. The third-order valence-electron chi connectivity index (χ3n) is 2.51. The highest BCUT2D eigenvalue weighted by Crippen LogP contribution is 2.22. The summed E-state index contributed by atoms with van der Waals surface area (Å²) in [5, 5.41) is 8.49. The fourth-order valence-electron chi connectivity index (χ4n) is 1.63. The van der Waals surface area contributed by atoms with Gasteiger partial charge in [0, 0.05) is 11.6 Å². The van der Waals surface area contributed by atoms with Gasteiger partial charge < -0.3 is 5.11 Å². The van der Waals surface area contributed by atoms with E-state index in [1.807, 2.05) is 30.3 Å². The van der Waals surface area contributed by atoms with Gasteiger partial charge in [0.15, 0.2) is 0 Å². The highest BCUT2D eigenvalue weighted by atomic mass is 19.1. The average Bonchev–Trinajstić information content (AvgIpc) is 2.38. The van der Waals surface area contributed by atoms with Gasteiger partial charge in [-0.15, -0.1) is 0 Å². The Bertz CT molecular complexity index is 589. The third kappa shape index (κ3) is 2.83. The molecule has 3 heteroatoms. The fraction of sp³-hybridized carbons (Fsp3) is 0. The van der Waals surface area contributed by atoms with Crippen LogP contribution in [0.5, 0.6) is 0 Å². The lowest BCUT2D eigenvalue weighted by molar-refractivity contribution is -0.131. The van der Waals surface area contributed by atoms with E-state index >= 15 is 0 Å². The van der Waals surface area contributed by atoms with E-state index in [4.69, 9.17) is 5.11 Å². The molecule has 0 amide bonds. The van der Waals surface area contributed by atoms with Gasteiger partial charge in [-0.25, -0.2) is 9.18 Å². The van der Waals surface area contributed by atoms with Gasteiger partial charge in [-0.3, -0.25) is 0 Å². The lowest BCUT2D eigenvalue weighted by Crippen LogP contribution is -1.88. The van der Waals surface area contributed by atoms with Gasteiger partial charge in [-0.1, -0.05) is 42.5 Å². The molecule has 0 aliphatic heterocycles. The topological polar surface area (TPSA) is 37.3 Å². The van der Waals surface area contributed by atoms with E-state index in [0.29, 0.717) is 0 Å². The van der Waals surface area contributed by atoms with Crippen molar-refractivity contribution < 1.29 is 14.3 Å². The second-order valence-corrected chi connectivity index (χ2v) is 3.77. The normalized spacial score (nSPS) is 10.7. The highest BCUT2D eigenvalue weighted by Gasteiger charge is 2.03. The average molecular weight is 242 g/mol. The van der Waals surface area contributed by atoms with E-state index in [0.717, 1.165) is 17.2 Å². The van der Waals surface area contributed by atoms with Crippen molar-refractivity contribution in [2.24, 2.45) is 0 Å².